The van der Waals surface area contributed by atoms with Gasteiger partial charge < -0.3 is 16.0 Å². The molecular weight excluding hydrogens is 144 g/mol. The van der Waals surface area contributed by atoms with Crippen LogP contribution in [-0.2, 0) is 0 Å². The minimum Gasteiger partial charge on any atom is -0.391 e. The van der Waals surface area contributed by atoms with Gasteiger partial charge in [-0.1, -0.05) is 0 Å². The Kier molecular flexibility index (Phi) is 2.10. The summed E-state index contributed by atoms with van der Waals surface area (Å²) in [5.41, 5.74) is 5.22. The van der Waals surface area contributed by atoms with E-state index in [-0.39, 0.29) is 11.2 Å². The Labute approximate surface area is 63.7 Å². The second-order valence-electron chi connectivity index (χ2n) is 2.02. The third-order valence-corrected chi connectivity index (χ3v) is 1.23. The number of aromatic amines is 1. The molecule has 0 atom stereocenters. The van der Waals surface area contributed by atoms with Crippen molar-refractivity contribution >= 4 is 11.5 Å². The van der Waals surface area contributed by atoms with Gasteiger partial charge in [0.15, 0.2) is 5.82 Å². The maximum atomic E-state index is 10.9. The average Bonchev–Trinajstić information content (AvgIpc) is 1.99. The van der Waals surface area contributed by atoms with Crippen LogP contribution < -0.4 is 16.6 Å². The molecule has 0 aliphatic carbocycles. The molecule has 0 saturated heterocycles. The standard InChI is InChI=1S/C6H10N4O/c1-2-8-5-4(7)6(11)10-3-9-5/h3H,2,7H2,1H3,(H2,8,9,10,11). The lowest BCUT2D eigenvalue weighted by atomic mass is 10.5. The Morgan fingerprint density at radius 3 is 3.18 bits per heavy atom. The van der Waals surface area contributed by atoms with Gasteiger partial charge in [-0.2, -0.15) is 0 Å². The molecule has 0 saturated carbocycles. The van der Waals surface area contributed by atoms with E-state index in [1.54, 1.807) is 0 Å². The Hall–Kier alpha value is -1.52. The van der Waals surface area contributed by atoms with Crippen molar-refractivity contribution in [2.75, 3.05) is 17.6 Å². The number of rotatable bonds is 2. The Balaban J connectivity index is 3.06. The summed E-state index contributed by atoms with van der Waals surface area (Å²) in [5.74, 6) is 0.441. The number of aromatic nitrogens is 2. The second-order valence-corrected chi connectivity index (χ2v) is 2.02. The highest BCUT2D eigenvalue weighted by Crippen LogP contribution is 2.05. The topological polar surface area (TPSA) is 83.8 Å². The minimum absolute atomic E-state index is 0.134. The summed E-state index contributed by atoms with van der Waals surface area (Å²) in [7, 11) is 0. The van der Waals surface area contributed by atoms with Crippen molar-refractivity contribution in [3.63, 3.8) is 0 Å². The lowest BCUT2D eigenvalue weighted by molar-refractivity contribution is 1.09. The first-order valence-electron chi connectivity index (χ1n) is 3.32. The SMILES string of the molecule is CCNc1nc[nH]c(=O)c1N. The summed E-state index contributed by atoms with van der Waals surface area (Å²) >= 11 is 0. The van der Waals surface area contributed by atoms with Crippen molar-refractivity contribution in [3.8, 4) is 0 Å². The van der Waals surface area contributed by atoms with Crippen LogP contribution in [0.2, 0.25) is 0 Å². The van der Waals surface area contributed by atoms with Gasteiger partial charge in [-0.15, -0.1) is 0 Å². The van der Waals surface area contributed by atoms with Gasteiger partial charge in [0.2, 0.25) is 0 Å². The van der Waals surface area contributed by atoms with Crippen LogP contribution in [0.4, 0.5) is 11.5 Å². The maximum Gasteiger partial charge on any atom is 0.276 e. The van der Waals surface area contributed by atoms with E-state index in [0.29, 0.717) is 12.4 Å². The fourth-order valence-electron chi connectivity index (χ4n) is 0.719. The summed E-state index contributed by atoms with van der Waals surface area (Å²) in [6, 6.07) is 0. The molecule has 11 heavy (non-hydrogen) atoms. The second kappa shape index (κ2) is 3.05. The molecule has 0 bridgehead atoms. The number of hydrogen-bond acceptors (Lipinski definition) is 4. The molecule has 0 unspecified atom stereocenters. The first-order valence-corrected chi connectivity index (χ1v) is 3.32. The van der Waals surface area contributed by atoms with Crippen molar-refractivity contribution in [1.82, 2.24) is 9.97 Å². The molecule has 0 fully saturated rings. The quantitative estimate of drug-likeness (QED) is 0.550. The molecular formula is C6H10N4O. The molecule has 5 nitrogen and oxygen atoms in total. The van der Waals surface area contributed by atoms with E-state index in [1.165, 1.54) is 6.33 Å². The highest BCUT2D eigenvalue weighted by Gasteiger charge is 2.00. The maximum absolute atomic E-state index is 10.9. The number of nitrogens with one attached hydrogen (secondary N) is 2. The number of nitrogens with zero attached hydrogens (tertiary/aromatic N) is 1. The number of anilines is 2. The molecule has 1 rings (SSSR count). The van der Waals surface area contributed by atoms with Gasteiger partial charge >= 0.3 is 0 Å². The lowest BCUT2D eigenvalue weighted by Crippen LogP contribution is -2.15. The van der Waals surface area contributed by atoms with Crippen LogP contribution in [-0.4, -0.2) is 16.5 Å². The smallest absolute Gasteiger partial charge is 0.276 e. The van der Waals surface area contributed by atoms with Gasteiger partial charge in [0.05, 0.1) is 6.33 Å². The minimum atomic E-state index is -0.309. The van der Waals surface area contributed by atoms with Crippen LogP contribution in [0, 0.1) is 0 Å². The third kappa shape index (κ3) is 1.49. The third-order valence-electron chi connectivity index (χ3n) is 1.23. The van der Waals surface area contributed by atoms with Gasteiger partial charge in [0.1, 0.15) is 5.69 Å². The summed E-state index contributed by atoms with van der Waals surface area (Å²) < 4.78 is 0. The lowest BCUT2D eigenvalue weighted by Gasteiger charge is -2.02. The van der Waals surface area contributed by atoms with E-state index >= 15 is 0 Å². The first-order chi connectivity index (χ1) is 5.25. The van der Waals surface area contributed by atoms with Crippen LogP contribution in [0.5, 0.6) is 0 Å². The Bertz CT molecular complexity index is 293. The van der Waals surface area contributed by atoms with Gasteiger partial charge in [-0.05, 0) is 6.92 Å². The van der Waals surface area contributed by atoms with Crippen LogP contribution >= 0.6 is 0 Å². The van der Waals surface area contributed by atoms with Crippen LogP contribution in [0.3, 0.4) is 0 Å². The Morgan fingerprint density at radius 1 is 1.82 bits per heavy atom. The molecule has 0 spiro atoms. The summed E-state index contributed by atoms with van der Waals surface area (Å²) in [4.78, 5) is 17.1. The zero-order valence-electron chi connectivity index (χ0n) is 6.22. The summed E-state index contributed by atoms with van der Waals surface area (Å²) in [6.45, 7) is 2.60. The largest absolute Gasteiger partial charge is 0.391 e. The van der Waals surface area contributed by atoms with Crippen molar-refractivity contribution < 1.29 is 0 Å². The van der Waals surface area contributed by atoms with Gasteiger partial charge in [-0.25, -0.2) is 4.98 Å². The summed E-state index contributed by atoms with van der Waals surface area (Å²) in [5, 5.41) is 2.86. The molecule has 0 aromatic carbocycles. The van der Waals surface area contributed by atoms with Crippen LogP contribution in [0.15, 0.2) is 11.1 Å². The van der Waals surface area contributed by atoms with Gasteiger partial charge in [0.25, 0.3) is 5.56 Å². The van der Waals surface area contributed by atoms with E-state index in [4.69, 9.17) is 5.73 Å². The van der Waals surface area contributed by atoms with Gasteiger partial charge in [-0.3, -0.25) is 4.79 Å². The summed E-state index contributed by atoms with van der Waals surface area (Å²) in [6.07, 6.45) is 1.32. The van der Waals surface area contributed by atoms with E-state index in [1.807, 2.05) is 6.92 Å². The molecule has 4 N–H and O–H groups in total. The normalized spacial score (nSPS) is 9.55. The first kappa shape index (κ1) is 7.59. The van der Waals surface area contributed by atoms with Crippen molar-refractivity contribution in [3.05, 3.63) is 16.7 Å². The molecule has 1 heterocycles. The van der Waals surface area contributed by atoms with E-state index in [9.17, 15) is 4.79 Å². The molecule has 0 amide bonds. The average molecular weight is 154 g/mol. The fraction of sp³-hybridized carbons (Fsp3) is 0.333. The van der Waals surface area contributed by atoms with Crippen LogP contribution in [0.25, 0.3) is 0 Å². The molecule has 0 aliphatic heterocycles. The van der Waals surface area contributed by atoms with Gasteiger partial charge in [0, 0.05) is 6.54 Å². The predicted octanol–water partition coefficient (Wildman–Crippen LogP) is -0.216. The number of nitrogen functional groups attached to an aromatic ring is 1. The molecule has 0 aliphatic rings. The monoisotopic (exact) mass is 154 g/mol. The molecule has 5 heteroatoms. The molecule has 1 aromatic heterocycles. The highest BCUT2D eigenvalue weighted by atomic mass is 16.1. The number of nitrogens with two attached hydrogens (primary N) is 1. The zero-order chi connectivity index (χ0) is 8.27. The van der Waals surface area contributed by atoms with E-state index in [0.717, 1.165) is 0 Å². The molecule has 0 radical (unpaired) electrons. The highest BCUT2D eigenvalue weighted by molar-refractivity contribution is 5.58. The fourth-order valence-corrected chi connectivity index (χ4v) is 0.719. The molecule has 1 aromatic rings. The molecule has 60 valence electrons. The van der Waals surface area contributed by atoms with Crippen molar-refractivity contribution in [2.24, 2.45) is 0 Å². The Morgan fingerprint density at radius 2 is 2.55 bits per heavy atom. The van der Waals surface area contributed by atoms with E-state index in [2.05, 4.69) is 15.3 Å². The number of hydrogen-bond donors (Lipinski definition) is 3. The van der Waals surface area contributed by atoms with Crippen molar-refractivity contribution in [2.45, 2.75) is 6.92 Å². The van der Waals surface area contributed by atoms with E-state index < -0.39 is 0 Å². The van der Waals surface area contributed by atoms with Crippen LogP contribution in [0.1, 0.15) is 6.92 Å². The van der Waals surface area contributed by atoms with Crippen molar-refractivity contribution in [1.29, 1.82) is 0 Å². The number of H-pyrrole nitrogens is 1. The predicted molar refractivity (Wildman–Crippen MR) is 43.4 cm³/mol. The zero-order valence-corrected chi connectivity index (χ0v) is 6.22.